The lowest BCUT2D eigenvalue weighted by molar-refractivity contribution is -0.202. The van der Waals surface area contributed by atoms with E-state index >= 15 is 0 Å². The summed E-state index contributed by atoms with van der Waals surface area (Å²) < 4.78 is 38.0. The van der Waals surface area contributed by atoms with E-state index < -0.39 is 30.3 Å². The lowest BCUT2D eigenvalue weighted by Gasteiger charge is -2.12. The van der Waals surface area contributed by atoms with Gasteiger partial charge in [-0.3, -0.25) is 0 Å². The Kier molecular flexibility index (Phi) is 4.02. The topological polar surface area (TPSA) is 89.6 Å². The predicted octanol–water partition coefficient (Wildman–Crippen LogP) is -0.673. The molecule has 0 spiro atoms. The number of halogens is 3. The molecular formula is C6H8F3NO4. The molecule has 2 atom stereocenters. The first kappa shape index (κ1) is 12.8. The molecule has 0 aliphatic heterocycles. The average Bonchev–Trinajstić information content (AvgIpc) is 2.00. The normalized spacial score (nSPS) is 15.9. The van der Waals surface area contributed by atoms with Gasteiger partial charge < -0.3 is 15.6 Å². The van der Waals surface area contributed by atoms with Crippen LogP contribution in [0.2, 0.25) is 0 Å². The Balaban J connectivity index is 4.28. The summed E-state index contributed by atoms with van der Waals surface area (Å²) in [5.41, 5.74) is 4.91. The molecule has 0 aliphatic rings. The standard InChI is InChI=1S/C6H8F3NO4/c1-2(11)3(10)4(12)14-5(13)6(7,8)9/h2-3,11H,10H2,1H3/t2-,3+/m1/s1. The lowest BCUT2D eigenvalue weighted by atomic mass is 10.2. The Morgan fingerprint density at radius 2 is 1.86 bits per heavy atom. The van der Waals surface area contributed by atoms with E-state index in [0.29, 0.717) is 0 Å². The van der Waals surface area contributed by atoms with Gasteiger partial charge in [0.05, 0.1) is 6.10 Å². The van der Waals surface area contributed by atoms with Crippen LogP contribution in [0.5, 0.6) is 0 Å². The highest BCUT2D eigenvalue weighted by atomic mass is 19.4. The highest BCUT2D eigenvalue weighted by Gasteiger charge is 2.43. The molecule has 0 amide bonds. The molecule has 14 heavy (non-hydrogen) atoms. The average molecular weight is 215 g/mol. The molecule has 0 rings (SSSR count). The van der Waals surface area contributed by atoms with Gasteiger partial charge in [-0.25, -0.2) is 9.59 Å². The van der Waals surface area contributed by atoms with Gasteiger partial charge in [-0.1, -0.05) is 0 Å². The van der Waals surface area contributed by atoms with Crippen LogP contribution in [0.15, 0.2) is 0 Å². The van der Waals surface area contributed by atoms with Crippen LogP contribution in [0.25, 0.3) is 0 Å². The number of aliphatic hydroxyl groups is 1. The molecule has 5 nitrogen and oxygen atoms in total. The largest absolute Gasteiger partial charge is 0.491 e. The van der Waals surface area contributed by atoms with Gasteiger partial charge in [0, 0.05) is 0 Å². The number of carbonyl (C=O) groups excluding carboxylic acids is 2. The summed E-state index contributed by atoms with van der Waals surface area (Å²) in [4.78, 5) is 20.7. The first-order chi connectivity index (χ1) is 6.16. The molecule has 0 bridgehead atoms. The molecule has 0 heterocycles. The van der Waals surface area contributed by atoms with E-state index in [0.717, 1.165) is 6.92 Å². The monoisotopic (exact) mass is 215 g/mol. The Morgan fingerprint density at radius 1 is 1.43 bits per heavy atom. The van der Waals surface area contributed by atoms with Gasteiger partial charge >= 0.3 is 18.1 Å². The van der Waals surface area contributed by atoms with E-state index in [1.807, 2.05) is 0 Å². The lowest BCUT2D eigenvalue weighted by Crippen LogP contribution is -2.44. The Bertz CT molecular complexity index is 238. The number of ether oxygens (including phenoxy) is 1. The van der Waals surface area contributed by atoms with Gasteiger partial charge in [0.15, 0.2) is 0 Å². The second-order valence-corrected chi connectivity index (χ2v) is 2.47. The van der Waals surface area contributed by atoms with Gasteiger partial charge in [0.2, 0.25) is 0 Å². The van der Waals surface area contributed by atoms with Crippen molar-refractivity contribution in [2.75, 3.05) is 0 Å². The highest BCUT2D eigenvalue weighted by Crippen LogP contribution is 2.16. The molecule has 8 heteroatoms. The van der Waals surface area contributed by atoms with E-state index in [9.17, 15) is 22.8 Å². The maximum atomic E-state index is 11.5. The number of nitrogens with two attached hydrogens (primary N) is 1. The van der Waals surface area contributed by atoms with Crippen molar-refractivity contribution < 1.29 is 32.6 Å². The molecular weight excluding hydrogens is 207 g/mol. The molecule has 0 aromatic carbocycles. The molecule has 0 radical (unpaired) electrons. The third-order valence-electron chi connectivity index (χ3n) is 1.22. The van der Waals surface area contributed by atoms with Crippen molar-refractivity contribution in [3.63, 3.8) is 0 Å². The smallest absolute Gasteiger partial charge is 0.391 e. The third-order valence-corrected chi connectivity index (χ3v) is 1.22. The SMILES string of the molecule is C[C@@H](O)[C@H](N)C(=O)OC(=O)C(F)(F)F. The van der Waals surface area contributed by atoms with Crippen molar-refractivity contribution in [3.05, 3.63) is 0 Å². The number of rotatable bonds is 2. The minimum Gasteiger partial charge on any atom is -0.391 e. The maximum absolute atomic E-state index is 11.5. The van der Waals surface area contributed by atoms with Crippen molar-refractivity contribution in [2.45, 2.75) is 25.2 Å². The van der Waals surface area contributed by atoms with E-state index in [4.69, 9.17) is 10.8 Å². The summed E-state index contributed by atoms with van der Waals surface area (Å²) in [5.74, 6) is -4.28. The zero-order chi connectivity index (χ0) is 11.5. The van der Waals surface area contributed by atoms with E-state index in [1.54, 1.807) is 0 Å². The molecule has 82 valence electrons. The quantitative estimate of drug-likeness (QED) is 0.470. The summed E-state index contributed by atoms with van der Waals surface area (Å²) in [7, 11) is 0. The first-order valence-corrected chi connectivity index (χ1v) is 3.42. The second-order valence-electron chi connectivity index (χ2n) is 2.47. The number of aliphatic hydroxyl groups excluding tert-OH is 1. The van der Waals surface area contributed by atoms with Crippen LogP contribution in [0.4, 0.5) is 13.2 Å². The third kappa shape index (κ3) is 3.71. The fraction of sp³-hybridized carbons (Fsp3) is 0.667. The van der Waals surface area contributed by atoms with Crippen LogP contribution in [0.1, 0.15) is 6.92 Å². The summed E-state index contributed by atoms with van der Waals surface area (Å²) in [6, 6.07) is -1.68. The summed E-state index contributed by atoms with van der Waals surface area (Å²) in [6.07, 6.45) is -6.66. The molecule has 0 aromatic heterocycles. The molecule has 0 aliphatic carbocycles. The molecule has 0 fully saturated rings. The Labute approximate surface area is 76.6 Å². The Morgan fingerprint density at radius 3 is 2.14 bits per heavy atom. The second kappa shape index (κ2) is 4.38. The molecule has 3 N–H and O–H groups in total. The van der Waals surface area contributed by atoms with Crippen LogP contribution in [0.3, 0.4) is 0 Å². The van der Waals surface area contributed by atoms with Crippen LogP contribution >= 0.6 is 0 Å². The number of hydrogen-bond acceptors (Lipinski definition) is 5. The van der Waals surface area contributed by atoms with Gasteiger partial charge in [-0.2, -0.15) is 13.2 Å². The molecule has 0 aromatic rings. The van der Waals surface area contributed by atoms with Crippen LogP contribution in [-0.4, -0.2) is 35.4 Å². The number of esters is 2. The number of alkyl halides is 3. The van der Waals surface area contributed by atoms with E-state index in [2.05, 4.69) is 4.74 Å². The molecule has 0 unspecified atom stereocenters. The van der Waals surface area contributed by atoms with Crippen LogP contribution < -0.4 is 5.73 Å². The van der Waals surface area contributed by atoms with Gasteiger partial charge in [0.25, 0.3) is 0 Å². The van der Waals surface area contributed by atoms with Gasteiger partial charge in [-0.15, -0.1) is 0 Å². The van der Waals surface area contributed by atoms with Crippen molar-refractivity contribution in [2.24, 2.45) is 5.73 Å². The predicted molar refractivity (Wildman–Crippen MR) is 36.8 cm³/mol. The zero-order valence-electron chi connectivity index (χ0n) is 7.04. The Hall–Kier alpha value is -1.15. The van der Waals surface area contributed by atoms with Gasteiger partial charge in [0.1, 0.15) is 6.04 Å². The van der Waals surface area contributed by atoms with Crippen molar-refractivity contribution in [1.29, 1.82) is 0 Å². The fourth-order valence-electron chi connectivity index (χ4n) is 0.414. The minimum atomic E-state index is -5.26. The van der Waals surface area contributed by atoms with Gasteiger partial charge in [-0.05, 0) is 6.92 Å². The summed E-state index contributed by atoms with van der Waals surface area (Å²) >= 11 is 0. The van der Waals surface area contributed by atoms with Crippen molar-refractivity contribution >= 4 is 11.9 Å². The maximum Gasteiger partial charge on any atom is 0.491 e. The number of hydrogen-bond donors (Lipinski definition) is 2. The molecule has 0 saturated carbocycles. The van der Waals surface area contributed by atoms with Crippen molar-refractivity contribution in [3.8, 4) is 0 Å². The summed E-state index contributed by atoms with van der Waals surface area (Å²) in [6.45, 7) is 1.07. The van der Waals surface area contributed by atoms with E-state index in [-0.39, 0.29) is 0 Å². The first-order valence-electron chi connectivity index (χ1n) is 3.42. The highest BCUT2D eigenvalue weighted by molar-refractivity contribution is 5.91. The van der Waals surface area contributed by atoms with Crippen LogP contribution in [-0.2, 0) is 14.3 Å². The van der Waals surface area contributed by atoms with Crippen molar-refractivity contribution in [1.82, 2.24) is 0 Å². The zero-order valence-corrected chi connectivity index (χ0v) is 7.04. The fourth-order valence-corrected chi connectivity index (χ4v) is 0.414. The molecule has 0 saturated heterocycles. The van der Waals surface area contributed by atoms with Crippen LogP contribution in [0, 0.1) is 0 Å². The minimum absolute atomic E-state index is 1.07. The van der Waals surface area contributed by atoms with E-state index in [1.165, 1.54) is 0 Å². The number of carbonyl (C=O) groups is 2. The summed E-state index contributed by atoms with van der Waals surface area (Å²) in [5, 5.41) is 8.69.